The fraction of sp³-hybridized carbons (Fsp3) is 0.613. The van der Waals surface area contributed by atoms with Crippen LogP contribution in [0.1, 0.15) is 88.2 Å². The van der Waals surface area contributed by atoms with Crippen molar-refractivity contribution in [2.75, 3.05) is 30.3 Å². The molecule has 3 aromatic rings. The molecule has 40 heavy (non-hydrogen) atoms. The Hall–Kier alpha value is -3.04. The summed E-state index contributed by atoms with van der Waals surface area (Å²) in [5, 5.41) is 7.40. The van der Waals surface area contributed by atoms with Gasteiger partial charge in [-0.1, -0.05) is 43.2 Å². The molecule has 3 heterocycles. The van der Waals surface area contributed by atoms with Crippen LogP contribution < -0.4 is 16.4 Å². The lowest BCUT2D eigenvalue weighted by molar-refractivity contribution is -0.109. The van der Waals surface area contributed by atoms with Gasteiger partial charge >= 0.3 is 0 Å². The second-order valence-corrected chi connectivity index (χ2v) is 12.1. The fourth-order valence-electron chi connectivity index (χ4n) is 6.81. The lowest BCUT2D eigenvalue weighted by atomic mass is 9.92. The number of hydrogen-bond acceptors (Lipinski definition) is 8. The molecule has 2 aromatic heterocycles. The van der Waals surface area contributed by atoms with E-state index in [0.717, 1.165) is 93.4 Å². The maximum Gasteiger partial charge on any atom is 0.227 e. The van der Waals surface area contributed by atoms with E-state index < -0.39 is 0 Å². The maximum absolute atomic E-state index is 11.7. The lowest BCUT2D eigenvalue weighted by Crippen LogP contribution is -2.40. The highest BCUT2D eigenvalue weighted by Crippen LogP contribution is 2.34. The minimum absolute atomic E-state index is 0.0350. The number of likely N-dealkylation sites (tertiary alicyclic amines) is 1. The zero-order valence-corrected chi connectivity index (χ0v) is 23.5. The number of piperidine rings is 1. The first kappa shape index (κ1) is 27.1. The average molecular weight is 545 g/mol. The van der Waals surface area contributed by atoms with Crippen LogP contribution in [-0.2, 0) is 4.79 Å². The Labute approximate surface area is 237 Å². The Kier molecular flexibility index (Phi) is 8.58. The summed E-state index contributed by atoms with van der Waals surface area (Å²) in [7, 11) is 0. The van der Waals surface area contributed by atoms with E-state index in [1.54, 1.807) is 0 Å². The standard InChI is InChI=1S/C31H44N8O/c32-24-10-12-25(13-11-24)35-31-36-29(28-30(37-31)39(21-33-28)27-8-4-5-9-27)34-26-15-18-38(19-16-26)17-14-23(20-40)22-6-2-1-3-7-22/h1-3,6-7,20-21,23-27H,4-5,8-19,32H2,(H2,34,35,36,37). The highest BCUT2D eigenvalue weighted by Gasteiger charge is 2.26. The molecule has 9 nitrogen and oxygen atoms in total. The molecule has 1 saturated heterocycles. The molecule has 1 unspecified atom stereocenters. The number of carbonyl (C=O) groups is 1. The fourth-order valence-corrected chi connectivity index (χ4v) is 6.81. The van der Waals surface area contributed by atoms with Gasteiger partial charge in [-0.3, -0.25) is 0 Å². The topological polar surface area (TPSA) is 114 Å². The van der Waals surface area contributed by atoms with E-state index in [4.69, 9.17) is 20.7 Å². The molecular weight excluding hydrogens is 500 g/mol. The molecule has 6 rings (SSSR count). The van der Waals surface area contributed by atoms with Crippen molar-refractivity contribution in [2.45, 2.75) is 101 Å². The van der Waals surface area contributed by atoms with Crippen molar-refractivity contribution in [3.63, 3.8) is 0 Å². The number of nitrogens with zero attached hydrogens (tertiary/aromatic N) is 5. The average Bonchev–Trinajstić information content (AvgIpc) is 3.67. The lowest BCUT2D eigenvalue weighted by Gasteiger charge is -2.33. The molecule has 3 aliphatic rings. The summed E-state index contributed by atoms with van der Waals surface area (Å²) < 4.78 is 2.29. The highest BCUT2D eigenvalue weighted by atomic mass is 16.1. The smallest absolute Gasteiger partial charge is 0.227 e. The molecule has 1 atom stereocenters. The Morgan fingerprint density at radius 2 is 1.65 bits per heavy atom. The number of carbonyl (C=O) groups excluding carboxylic acids is 1. The van der Waals surface area contributed by atoms with Gasteiger partial charge in [-0.2, -0.15) is 9.97 Å². The predicted octanol–water partition coefficient (Wildman–Crippen LogP) is 4.87. The van der Waals surface area contributed by atoms with Crippen molar-refractivity contribution in [3.05, 3.63) is 42.2 Å². The van der Waals surface area contributed by atoms with Crippen LogP contribution in [0.25, 0.3) is 11.2 Å². The number of fused-ring (bicyclic) bond motifs is 1. The largest absolute Gasteiger partial charge is 0.365 e. The van der Waals surface area contributed by atoms with E-state index in [0.29, 0.717) is 30.1 Å². The van der Waals surface area contributed by atoms with Gasteiger partial charge in [-0.05, 0) is 69.9 Å². The van der Waals surface area contributed by atoms with Crippen LogP contribution in [-0.4, -0.2) is 68.5 Å². The van der Waals surface area contributed by atoms with Gasteiger partial charge in [-0.15, -0.1) is 0 Å². The quantitative estimate of drug-likeness (QED) is 0.310. The predicted molar refractivity (Wildman–Crippen MR) is 160 cm³/mol. The summed E-state index contributed by atoms with van der Waals surface area (Å²) in [6.45, 7) is 2.96. The molecule has 9 heteroatoms. The van der Waals surface area contributed by atoms with E-state index in [9.17, 15) is 4.79 Å². The van der Waals surface area contributed by atoms with Gasteiger partial charge < -0.3 is 30.6 Å². The first-order valence-corrected chi connectivity index (χ1v) is 15.4. The summed E-state index contributed by atoms with van der Waals surface area (Å²) in [5.74, 6) is 1.51. The molecule has 0 spiro atoms. The van der Waals surface area contributed by atoms with Gasteiger partial charge in [-0.25, -0.2) is 4.98 Å². The number of aldehydes is 1. The molecule has 0 bridgehead atoms. The number of aromatic nitrogens is 4. The molecule has 2 saturated carbocycles. The number of nitrogens with two attached hydrogens (primary N) is 1. The Morgan fingerprint density at radius 1 is 0.925 bits per heavy atom. The molecule has 0 radical (unpaired) electrons. The Bertz CT molecular complexity index is 1240. The highest BCUT2D eigenvalue weighted by molar-refractivity contribution is 5.84. The zero-order chi connectivity index (χ0) is 27.3. The number of benzene rings is 1. The Morgan fingerprint density at radius 3 is 2.38 bits per heavy atom. The maximum atomic E-state index is 11.7. The van der Waals surface area contributed by atoms with Crippen molar-refractivity contribution < 1.29 is 4.79 Å². The van der Waals surface area contributed by atoms with Gasteiger partial charge in [0.15, 0.2) is 17.0 Å². The van der Waals surface area contributed by atoms with E-state index in [1.807, 2.05) is 24.5 Å². The number of anilines is 2. The molecule has 0 amide bonds. The molecule has 2 aliphatic carbocycles. The summed E-state index contributed by atoms with van der Waals surface area (Å²) in [4.78, 5) is 29.0. The summed E-state index contributed by atoms with van der Waals surface area (Å²) in [6, 6.07) is 11.6. The van der Waals surface area contributed by atoms with Gasteiger partial charge in [0.1, 0.15) is 6.29 Å². The summed E-state index contributed by atoms with van der Waals surface area (Å²) >= 11 is 0. The van der Waals surface area contributed by atoms with Crippen LogP contribution in [0.3, 0.4) is 0 Å². The van der Waals surface area contributed by atoms with Gasteiger partial charge in [0.05, 0.1) is 6.33 Å². The minimum atomic E-state index is -0.0350. The summed E-state index contributed by atoms with van der Waals surface area (Å²) in [5.41, 5.74) is 9.08. The second-order valence-electron chi connectivity index (χ2n) is 12.1. The molecule has 214 valence electrons. The first-order chi connectivity index (χ1) is 19.7. The number of rotatable bonds is 10. The van der Waals surface area contributed by atoms with E-state index in [2.05, 4.69) is 32.2 Å². The van der Waals surface area contributed by atoms with E-state index >= 15 is 0 Å². The summed E-state index contributed by atoms with van der Waals surface area (Å²) in [6.07, 6.45) is 15.1. The van der Waals surface area contributed by atoms with Crippen molar-refractivity contribution in [3.8, 4) is 0 Å². The number of imidazole rings is 1. The van der Waals surface area contributed by atoms with Crippen LogP contribution in [0.4, 0.5) is 11.8 Å². The van der Waals surface area contributed by atoms with Crippen LogP contribution in [0.5, 0.6) is 0 Å². The van der Waals surface area contributed by atoms with E-state index in [-0.39, 0.29) is 5.92 Å². The number of hydrogen-bond donors (Lipinski definition) is 3. The number of nitrogens with one attached hydrogen (secondary N) is 2. The van der Waals surface area contributed by atoms with Crippen LogP contribution >= 0.6 is 0 Å². The molecule has 1 aliphatic heterocycles. The van der Waals surface area contributed by atoms with Gasteiger partial charge in [0.25, 0.3) is 0 Å². The minimum Gasteiger partial charge on any atom is -0.365 e. The zero-order valence-electron chi connectivity index (χ0n) is 23.5. The van der Waals surface area contributed by atoms with Crippen LogP contribution in [0.2, 0.25) is 0 Å². The van der Waals surface area contributed by atoms with Crippen LogP contribution in [0, 0.1) is 0 Å². The van der Waals surface area contributed by atoms with Crippen molar-refractivity contribution in [2.24, 2.45) is 5.73 Å². The van der Waals surface area contributed by atoms with E-state index in [1.165, 1.54) is 25.7 Å². The third kappa shape index (κ3) is 6.31. The third-order valence-corrected chi connectivity index (χ3v) is 9.32. The van der Waals surface area contributed by atoms with Crippen molar-refractivity contribution in [1.29, 1.82) is 0 Å². The molecule has 3 fully saturated rings. The molecular formula is C31H44N8O. The Balaban J connectivity index is 1.12. The van der Waals surface area contributed by atoms with Gasteiger partial charge in [0.2, 0.25) is 5.95 Å². The third-order valence-electron chi connectivity index (χ3n) is 9.32. The SMILES string of the molecule is NC1CCC(Nc2nc(NC3CCN(CCC(C=O)c4ccccc4)CC3)c3ncn(C4CCCC4)c3n2)CC1. The first-order valence-electron chi connectivity index (χ1n) is 15.4. The second kappa shape index (κ2) is 12.6. The van der Waals surface area contributed by atoms with Crippen LogP contribution in [0.15, 0.2) is 36.7 Å². The molecule has 4 N–H and O–H groups in total. The van der Waals surface area contributed by atoms with Crippen molar-refractivity contribution in [1.82, 2.24) is 24.4 Å². The normalized spacial score (nSPS) is 23.8. The van der Waals surface area contributed by atoms with Crippen molar-refractivity contribution >= 4 is 29.2 Å². The monoisotopic (exact) mass is 544 g/mol. The van der Waals surface area contributed by atoms with Gasteiger partial charge in [0, 0.05) is 43.2 Å². The molecule has 1 aromatic carbocycles.